The van der Waals surface area contributed by atoms with E-state index in [0.717, 1.165) is 23.8 Å². The zero-order chi connectivity index (χ0) is 14.5. The maximum absolute atomic E-state index is 11.8. The molecule has 1 aliphatic heterocycles. The van der Waals surface area contributed by atoms with Gasteiger partial charge in [0.2, 0.25) is 0 Å². The number of rotatable bonds is 9. The Balaban J connectivity index is 2.13. The van der Waals surface area contributed by atoms with Crippen LogP contribution in [0.4, 0.5) is 0 Å². The van der Waals surface area contributed by atoms with E-state index in [0.29, 0.717) is 19.7 Å². The average molecular weight is 292 g/mol. The number of carbonyl (C=O) groups is 1. The molecule has 0 spiro atoms. The second kappa shape index (κ2) is 6.67. The molecule has 7 heteroatoms. The normalized spacial score (nSPS) is 20.4. The number of nitrogens with one attached hydrogen (secondary N) is 1. The molecule has 0 aromatic carbocycles. The van der Waals surface area contributed by atoms with E-state index < -0.39 is 14.8 Å². The van der Waals surface area contributed by atoms with Gasteiger partial charge in [-0.25, -0.2) is 12.7 Å². The van der Waals surface area contributed by atoms with Crippen molar-refractivity contribution in [1.82, 2.24) is 9.62 Å². The SMILES string of the molecule is CCCCOCCNCCN1C(=O)C(C)(C)S1(=O)=O. The molecular weight excluding hydrogens is 268 g/mol. The Kier molecular flexibility index (Phi) is 5.76. The Labute approximate surface area is 115 Å². The van der Waals surface area contributed by atoms with E-state index in [4.69, 9.17) is 4.74 Å². The van der Waals surface area contributed by atoms with Crippen LogP contribution in [0, 0.1) is 0 Å². The van der Waals surface area contributed by atoms with Gasteiger partial charge in [-0.15, -0.1) is 0 Å². The Morgan fingerprint density at radius 3 is 2.53 bits per heavy atom. The largest absolute Gasteiger partial charge is 0.380 e. The predicted molar refractivity (Wildman–Crippen MR) is 73.3 cm³/mol. The van der Waals surface area contributed by atoms with Gasteiger partial charge < -0.3 is 10.1 Å². The summed E-state index contributed by atoms with van der Waals surface area (Å²) in [5, 5.41) is 3.06. The molecule has 1 N–H and O–H groups in total. The molecule has 112 valence electrons. The minimum atomic E-state index is -3.44. The summed E-state index contributed by atoms with van der Waals surface area (Å²) in [6.07, 6.45) is 2.16. The summed E-state index contributed by atoms with van der Waals surface area (Å²) in [5.74, 6) is -0.325. The smallest absolute Gasteiger partial charge is 0.258 e. The third-order valence-electron chi connectivity index (χ3n) is 3.23. The predicted octanol–water partition coefficient (Wildman–Crippen LogP) is 0.343. The van der Waals surface area contributed by atoms with Gasteiger partial charge in [-0.05, 0) is 20.3 Å². The number of nitrogens with zero attached hydrogens (tertiary/aromatic N) is 1. The van der Waals surface area contributed by atoms with E-state index in [1.165, 1.54) is 13.8 Å². The highest BCUT2D eigenvalue weighted by Crippen LogP contribution is 2.34. The highest BCUT2D eigenvalue weighted by molar-refractivity contribution is 7.94. The standard InChI is InChI=1S/C12H24N2O4S/c1-4-5-9-18-10-7-13-6-8-14-11(15)12(2,3)19(14,16)17/h13H,4-10H2,1-3H3. The van der Waals surface area contributed by atoms with Crippen LogP contribution in [0.5, 0.6) is 0 Å². The molecule has 0 radical (unpaired) electrons. The maximum Gasteiger partial charge on any atom is 0.258 e. The first-order chi connectivity index (χ1) is 8.85. The van der Waals surface area contributed by atoms with Crippen molar-refractivity contribution >= 4 is 15.9 Å². The summed E-state index contributed by atoms with van der Waals surface area (Å²) < 4.78 is 28.6. The van der Waals surface area contributed by atoms with E-state index in [2.05, 4.69) is 12.2 Å². The number of hydrogen-bond acceptors (Lipinski definition) is 5. The molecule has 1 saturated heterocycles. The van der Waals surface area contributed by atoms with Gasteiger partial charge >= 0.3 is 0 Å². The number of amides is 1. The lowest BCUT2D eigenvalue weighted by molar-refractivity contribution is -0.132. The summed E-state index contributed by atoms with van der Waals surface area (Å²) >= 11 is 0. The van der Waals surface area contributed by atoms with Crippen molar-refractivity contribution < 1.29 is 17.9 Å². The van der Waals surface area contributed by atoms with Gasteiger partial charge in [-0.2, -0.15) is 0 Å². The minimum Gasteiger partial charge on any atom is -0.380 e. The Hall–Kier alpha value is -0.660. The van der Waals surface area contributed by atoms with Crippen LogP contribution in [0.25, 0.3) is 0 Å². The summed E-state index contributed by atoms with van der Waals surface area (Å²) in [6.45, 7) is 7.66. The van der Waals surface area contributed by atoms with E-state index in [1.807, 2.05) is 0 Å². The van der Waals surface area contributed by atoms with Crippen LogP contribution >= 0.6 is 0 Å². The average Bonchev–Trinajstić information content (AvgIpc) is 2.35. The van der Waals surface area contributed by atoms with E-state index in [9.17, 15) is 13.2 Å². The number of hydrogen-bond donors (Lipinski definition) is 1. The topological polar surface area (TPSA) is 75.7 Å². The molecule has 0 aromatic rings. The summed E-state index contributed by atoms with van der Waals surface area (Å²) in [6, 6.07) is 0. The highest BCUT2D eigenvalue weighted by Gasteiger charge is 2.59. The lowest BCUT2D eigenvalue weighted by atomic mass is 10.2. The molecule has 0 unspecified atom stereocenters. The molecule has 0 atom stereocenters. The minimum absolute atomic E-state index is 0.194. The fourth-order valence-electron chi connectivity index (χ4n) is 1.78. The molecule has 0 bridgehead atoms. The van der Waals surface area contributed by atoms with Crippen molar-refractivity contribution in [3.63, 3.8) is 0 Å². The number of unbranched alkanes of at least 4 members (excludes halogenated alkanes) is 1. The van der Waals surface area contributed by atoms with E-state index >= 15 is 0 Å². The van der Waals surface area contributed by atoms with Gasteiger partial charge in [0.1, 0.15) is 0 Å². The summed E-state index contributed by atoms with van der Waals surface area (Å²) in [4.78, 5) is 11.6. The summed E-state index contributed by atoms with van der Waals surface area (Å²) in [5.41, 5.74) is 0. The molecule has 1 heterocycles. The van der Waals surface area contributed by atoms with Crippen LogP contribution in [0.2, 0.25) is 0 Å². The number of sulfonamides is 1. The molecule has 6 nitrogen and oxygen atoms in total. The van der Waals surface area contributed by atoms with Crippen LogP contribution in [0.3, 0.4) is 0 Å². The van der Waals surface area contributed by atoms with Gasteiger partial charge in [0.25, 0.3) is 15.9 Å². The molecule has 1 aliphatic rings. The fraction of sp³-hybridized carbons (Fsp3) is 0.917. The van der Waals surface area contributed by atoms with Crippen molar-refractivity contribution in [2.75, 3.05) is 32.8 Å². The molecule has 1 fully saturated rings. The zero-order valence-electron chi connectivity index (χ0n) is 11.9. The first-order valence-electron chi connectivity index (χ1n) is 6.71. The van der Waals surface area contributed by atoms with Gasteiger partial charge in [-0.3, -0.25) is 4.79 Å². The second-order valence-electron chi connectivity index (χ2n) is 5.11. The molecule has 0 saturated carbocycles. The lowest BCUT2D eigenvalue weighted by Gasteiger charge is -2.43. The number of carbonyl (C=O) groups excluding carboxylic acids is 1. The first kappa shape index (κ1) is 16.4. The lowest BCUT2D eigenvalue weighted by Crippen LogP contribution is -2.68. The van der Waals surface area contributed by atoms with Crippen LogP contribution in [-0.2, 0) is 19.6 Å². The van der Waals surface area contributed by atoms with Gasteiger partial charge in [0, 0.05) is 26.2 Å². The van der Waals surface area contributed by atoms with Crippen molar-refractivity contribution in [1.29, 1.82) is 0 Å². The third kappa shape index (κ3) is 3.46. The molecule has 1 amide bonds. The monoisotopic (exact) mass is 292 g/mol. The van der Waals surface area contributed by atoms with Crippen LogP contribution < -0.4 is 5.32 Å². The fourth-order valence-corrected chi connectivity index (χ4v) is 3.30. The third-order valence-corrected chi connectivity index (χ3v) is 5.63. The zero-order valence-corrected chi connectivity index (χ0v) is 12.8. The molecule has 1 rings (SSSR count). The molecule has 0 aromatic heterocycles. The Morgan fingerprint density at radius 1 is 1.26 bits per heavy atom. The van der Waals surface area contributed by atoms with Crippen LogP contribution in [-0.4, -0.2) is 56.2 Å². The maximum atomic E-state index is 11.8. The second-order valence-corrected chi connectivity index (χ2v) is 7.52. The van der Waals surface area contributed by atoms with Crippen molar-refractivity contribution in [3.05, 3.63) is 0 Å². The van der Waals surface area contributed by atoms with Gasteiger partial charge in [0.15, 0.2) is 4.75 Å². The van der Waals surface area contributed by atoms with Gasteiger partial charge in [0.05, 0.1) is 6.61 Å². The van der Waals surface area contributed by atoms with Crippen molar-refractivity contribution in [3.8, 4) is 0 Å². The molecule has 0 aliphatic carbocycles. The number of ether oxygens (including phenoxy) is 1. The molecular formula is C12H24N2O4S. The van der Waals surface area contributed by atoms with Crippen LogP contribution in [0.1, 0.15) is 33.6 Å². The van der Waals surface area contributed by atoms with Gasteiger partial charge in [-0.1, -0.05) is 13.3 Å². The summed E-state index contributed by atoms with van der Waals surface area (Å²) in [7, 11) is -3.44. The Morgan fingerprint density at radius 2 is 1.95 bits per heavy atom. The highest BCUT2D eigenvalue weighted by atomic mass is 32.2. The van der Waals surface area contributed by atoms with E-state index in [-0.39, 0.29) is 12.5 Å². The van der Waals surface area contributed by atoms with Crippen molar-refractivity contribution in [2.24, 2.45) is 0 Å². The van der Waals surface area contributed by atoms with Crippen LogP contribution in [0.15, 0.2) is 0 Å². The first-order valence-corrected chi connectivity index (χ1v) is 8.15. The molecule has 19 heavy (non-hydrogen) atoms. The van der Waals surface area contributed by atoms with Crippen molar-refractivity contribution in [2.45, 2.75) is 38.4 Å². The Bertz CT molecular complexity index is 406. The quantitative estimate of drug-likeness (QED) is 0.620. The van der Waals surface area contributed by atoms with E-state index in [1.54, 1.807) is 0 Å².